The minimum atomic E-state index is -4.72. The molecule has 0 bridgehead atoms. The van der Waals surface area contributed by atoms with Crippen molar-refractivity contribution in [3.8, 4) is 0 Å². The predicted molar refractivity (Wildman–Crippen MR) is 101 cm³/mol. The molecule has 0 radical (unpaired) electrons. The van der Waals surface area contributed by atoms with Crippen molar-refractivity contribution in [3.63, 3.8) is 0 Å². The summed E-state index contributed by atoms with van der Waals surface area (Å²) in [4.78, 5) is 7.31. The first kappa shape index (κ1) is 21.4. The molecule has 0 saturated heterocycles. The monoisotopic (exact) mass is 439 g/mol. The molecule has 0 aliphatic carbocycles. The molecule has 2 heterocycles. The number of hydrogen-bond donors (Lipinski definition) is 2. The van der Waals surface area contributed by atoms with Crippen LogP contribution in [0.1, 0.15) is 28.5 Å². The predicted octanol–water partition coefficient (Wildman–Crippen LogP) is 4.56. The average Bonchev–Trinajstić information content (AvgIpc) is 3.25. The molecule has 2 N–H and O–H groups in total. The fraction of sp³-hybridized carbons (Fsp3) is 0.158. The molecule has 0 aliphatic heterocycles. The van der Waals surface area contributed by atoms with Crippen LogP contribution in [0, 0.1) is 11.2 Å². The van der Waals surface area contributed by atoms with Gasteiger partial charge in [-0.1, -0.05) is 23.4 Å². The van der Waals surface area contributed by atoms with Gasteiger partial charge in [-0.2, -0.15) is 13.2 Å². The van der Waals surface area contributed by atoms with Gasteiger partial charge in [-0.15, -0.1) is 11.6 Å². The van der Waals surface area contributed by atoms with Crippen molar-refractivity contribution >= 4 is 23.0 Å². The maximum absolute atomic E-state index is 13.9. The summed E-state index contributed by atoms with van der Waals surface area (Å²) < 4.78 is 57.9. The first-order valence-electron chi connectivity index (χ1n) is 8.47. The number of nitrogens with zero attached hydrogens (tertiary/aromatic N) is 3. The van der Waals surface area contributed by atoms with E-state index < -0.39 is 29.2 Å². The molecule has 0 saturated carbocycles. The Morgan fingerprint density at radius 3 is 2.60 bits per heavy atom. The molecule has 1 aromatic carbocycles. The number of nitrogens with one attached hydrogen (secondary N) is 2. The van der Waals surface area contributed by atoms with Crippen LogP contribution in [0.2, 0.25) is 0 Å². The summed E-state index contributed by atoms with van der Waals surface area (Å²) in [6.07, 6.45) is -2.25. The fourth-order valence-corrected chi connectivity index (χ4v) is 2.58. The Morgan fingerprint density at radius 2 is 1.97 bits per heavy atom. The molecule has 30 heavy (non-hydrogen) atoms. The van der Waals surface area contributed by atoms with E-state index in [4.69, 9.17) is 21.5 Å². The van der Waals surface area contributed by atoms with Gasteiger partial charge in [0, 0.05) is 18.2 Å². The van der Waals surface area contributed by atoms with Crippen molar-refractivity contribution in [2.75, 3.05) is 0 Å². The molecule has 3 rings (SSSR count). The smallest absolute Gasteiger partial charge is 0.379 e. The van der Waals surface area contributed by atoms with Crippen LogP contribution in [0.15, 0.2) is 53.3 Å². The lowest BCUT2D eigenvalue weighted by Gasteiger charge is -2.11. The van der Waals surface area contributed by atoms with Crippen LogP contribution in [-0.2, 0) is 18.6 Å². The molecular formula is C19H14ClF4N5O. The second-order valence-corrected chi connectivity index (χ2v) is 6.27. The van der Waals surface area contributed by atoms with Crippen LogP contribution < -0.4 is 5.32 Å². The highest BCUT2D eigenvalue weighted by atomic mass is 35.5. The summed E-state index contributed by atoms with van der Waals surface area (Å²) in [6.45, 7) is 0.0367. The third-order valence-electron chi connectivity index (χ3n) is 3.88. The zero-order chi connectivity index (χ0) is 21.7. The van der Waals surface area contributed by atoms with Crippen LogP contribution in [0.25, 0.3) is 5.70 Å². The van der Waals surface area contributed by atoms with E-state index in [1.165, 1.54) is 24.5 Å². The largest absolute Gasteiger partial charge is 0.433 e. The highest BCUT2D eigenvalue weighted by molar-refractivity contribution is 6.17. The quantitative estimate of drug-likeness (QED) is 0.320. The lowest BCUT2D eigenvalue weighted by molar-refractivity contribution is -0.141. The number of rotatable bonds is 7. The van der Waals surface area contributed by atoms with Crippen LogP contribution in [0.3, 0.4) is 0 Å². The van der Waals surface area contributed by atoms with E-state index in [-0.39, 0.29) is 29.5 Å². The number of aromatic nitrogens is 3. The topological polar surface area (TPSA) is 87.7 Å². The van der Waals surface area contributed by atoms with Crippen molar-refractivity contribution in [2.45, 2.75) is 18.6 Å². The van der Waals surface area contributed by atoms with E-state index >= 15 is 0 Å². The van der Waals surface area contributed by atoms with Gasteiger partial charge in [0.2, 0.25) is 0 Å². The number of halogens is 5. The van der Waals surface area contributed by atoms with Gasteiger partial charge in [0.15, 0.2) is 5.82 Å². The third kappa shape index (κ3) is 5.20. The summed E-state index contributed by atoms with van der Waals surface area (Å²) in [7, 11) is 0. The molecule has 0 aliphatic rings. The summed E-state index contributed by atoms with van der Waals surface area (Å²) in [6, 6.07) is 8.26. The summed E-state index contributed by atoms with van der Waals surface area (Å²) >= 11 is 5.63. The average molecular weight is 440 g/mol. The lowest BCUT2D eigenvalue weighted by atomic mass is 10.1. The van der Waals surface area contributed by atoms with E-state index in [1.807, 2.05) is 0 Å². The van der Waals surface area contributed by atoms with E-state index in [0.717, 1.165) is 6.07 Å². The first-order valence-corrected chi connectivity index (χ1v) is 9.01. The molecule has 0 atom stereocenters. The van der Waals surface area contributed by atoms with Gasteiger partial charge >= 0.3 is 6.18 Å². The molecule has 156 valence electrons. The van der Waals surface area contributed by atoms with Crippen molar-refractivity contribution < 1.29 is 22.1 Å². The summed E-state index contributed by atoms with van der Waals surface area (Å²) in [5.41, 5.74) is -0.881. The number of hydrogen-bond acceptors (Lipinski definition) is 6. The van der Waals surface area contributed by atoms with E-state index in [1.54, 1.807) is 18.2 Å². The first-order chi connectivity index (χ1) is 14.3. The molecule has 2 aromatic heterocycles. The molecular weight excluding hydrogens is 426 g/mol. The lowest BCUT2D eigenvalue weighted by Crippen LogP contribution is -2.17. The zero-order valence-corrected chi connectivity index (χ0v) is 15.9. The highest BCUT2D eigenvalue weighted by Gasteiger charge is 2.33. The summed E-state index contributed by atoms with van der Waals surface area (Å²) in [5.74, 6) is -1.18. The number of allylic oxidation sites excluding steroid dienone is 1. The molecule has 3 aromatic rings. The Kier molecular flexibility index (Phi) is 6.46. The normalized spacial score (nSPS) is 12.1. The summed E-state index contributed by atoms with van der Waals surface area (Å²) in [5, 5.41) is 14.8. The maximum atomic E-state index is 13.9. The minimum absolute atomic E-state index is 0.0367. The van der Waals surface area contributed by atoms with Crippen LogP contribution in [0.5, 0.6) is 0 Å². The van der Waals surface area contributed by atoms with E-state index in [9.17, 15) is 17.6 Å². The van der Waals surface area contributed by atoms with Crippen LogP contribution in [0.4, 0.5) is 17.6 Å². The van der Waals surface area contributed by atoms with Crippen LogP contribution in [-0.4, -0.2) is 20.8 Å². The van der Waals surface area contributed by atoms with Crippen molar-refractivity contribution in [1.29, 1.82) is 5.41 Å². The Bertz CT molecular complexity index is 1070. The Labute approximate surface area is 173 Å². The molecule has 11 heteroatoms. The molecule has 0 unspecified atom stereocenters. The van der Waals surface area contributed by atoms with E-state index in [0.29, 0.717) is 5.56 Å². The molecule has 0 amide bonds. The minimum Gasteiger partial charge on any atom is -0.379 e. The van der Waals surface area contributed by atoms with Gasteiger partial charge < -0.3 is 9.84 Å². The van der Waals surface area contributed by atoms with Crippen molar-refractivity contribution in [1.82, 2.24) is 20.4 Å². The van der Waals surface area contributed by atoms with Gasteiger partial charge in [0.25, 0.3) is 0 Å². The third-order valence-corrected chi connectivity index (χ3v) is 4.15. The number of alkyl halides is 4. The Morgan fingerprint density at radius 1 is 1.20 bits per heavy atom. The Hall–Kier alpha value is -3.27. The second-order valence-electron chi connectivity index (χ2n) is 6.00. The standard InChI is InChI=1S/C19H14ClF4N5O/c20-9-12-7-17(19(22,23)24)28-18(27-12)14(25)8-16(15-5-6-30-29-15)26-10-11-3-1-2-4-13(11)21/h1-8,25-26H,9-10H2/b16-8-,25-14?. The SMILES string of the molecule is N=C(/C=C(\NCc1ccccc1F)c1ccon1)c1nc(CCl)cc(C(F)(F)F)n1. The van der Waals surface area contributed by atoms with Gasteiger partial charge in [0.1, 0.15) is 29.2 Å². The van der Waals surface area contributed by atoms with Crippen molar-refractivity contribution in [2.24, 2.45) is 0 Å². The second kappa shape index (κ2) is 9.04. The fourth-order valence-electron chi connectivity index (χ4n) is 2.44. The van der Waals surface area contributed by atoms with Crippen LogP contribution >= 0.6 is 11.6 Å². The van der Waals surface area contributed by atoms with Gasteiger partial charge in [-0.3, -0.25) is 5.41 Å². The van der Waals surface area contributed by atoms with Gasteiger partial charge in [-0.25, -0.2) is 14.4 Å². The molecule has 0 spiro atoms. The molecule has 0 fully saturated rings. The van der Waals surface area contributed by atoms with Gasteiger partial charge in [-0.05, 0) is 18.2 Å². The van der Waals surface area contributed by atoms with E-state index in [2.05, 4.69) is 20.4 Å². The number of benzene rings is 1. The van der Waals surface area contributed by atoms with Gasteiger partial charge in [0.05, 0.1) is 17.3 Å². The van der Waals surface area contributed by atoms with Crippen molar-refractivity contribution in [3.05, 3.63) is 83.0 Å². The molecule has 6 nitrogen and oxygen atoms in total. The Balaban J connectivity index is 1.93. The zero-order valence-electron chi connectivity index (χ0n) is 15.2. The maximum Gasteiger partial charge on any atom is 0.433 e. The highest BCUT2D eigenvalue weighted by Crippen LogP contribution is 2.28.